The van der Waals surface area contributed by atoms with Gasteiger partial charge in [-0.2, -0.15) is 4.98 Å². The minimum Gasteiger partial charge on any atom is -0.452 e. The number of rotatable bonds is 6. The van der Waals surface area contributed by atoms with E-state index in [2.05, 4.69) is 15.3 Å². The number of hydrogen-bond donors (Lipinski definition) is 0. The number of aryl methyl sites for hydroxylation is 3. The summed E-state index contributed by atoms with van der Waals surface area (Å²) in [6, 6.07) is 7.30. The Morgan fingerprint density at radius 3 is 2.64 bits per heavy atom. The molecule has 3 rings (SSSR count). The normalized spacial score (nSPS) is 10.8. The van der Waals surface area contributed by atoms with Crippen molar-refractivity contribution in [1.82, 2.24) is 15.3 Å². The zero-order valence-electron chi connectivity index (χ0n) is 14.1. The SMILES string of the molecule is Cc1noc(COC(=O)c2ccccc2SCc2c(C)noc2C)n1. The van der Waals surface area contributed by atoms with Crippen molar-refractivity contribution >= 4 is 17.7 Å². The fraction of sp³-hybridized carbons (Fsp3) is 0.294. The van der Waals surface area contributed by atoms with E-state index in [1.807, 2.05) is 26.0 Å². The van der Waals surface area contributed by atoms with Gasteiger partial charge in [0.05, 0.1) is 11.3 Å². The zero-order valence-corrected chi connectivity index (χ0v) is 14.9. The average Bonchev–Trinajstić information content (AvgIpc) is 3.17. The molecular formula is C17H17N3O4S. The van der Waals surface area contributed by atoms with Crippen LogP contribution in [0.1, 0.15) is 39.1 Å². The summed E-state index contributed by atoms with van der Waals surface area (Å²) in [6.45, 7) is 5.43. The van der Waals surface area contributed by atoms with Gasteiger partial charge in [0.2, 0.25) is 0 Å². The van der Waals surface area contributed by atoms with Crippen molar-refractivity contribution in [3.8, 4) is 0 Å². The molecule has 1 aromatic carbocycles. The molecule has 8 heteroatoms. The van der Waals surface area contributed by atoms with Crippen LogP contribution >= 0.6 is 11.8 Å². The highest BCUT2D eigenvalue weighted by Gasteiger charge is 2.16. The third kappa shape index (κ3) is 4.08. The Labute approximate surface area is 148 Å². The minimum absolute atomic E-state index is 0.0530. The van der Waals surface area contributed by atoms with E-state index in [9.17, 15) is 4.79 Å². The Kier molecular flexibility index (Phi) is 5.18. The van der Waals surface area contributed by atoms with Crippen molar-refractivity contribution in [2.45, 2.75) is 38.0 Å². The second-order valence-electron chi connectivity index (χ2n) is 5.40. The molecule has 0 fully saturated rings. The van der Waals surface area contributed by atoms with Crippen LogP contribution in [0.15, 0.2) is 38.2 Å². The molecule has 0 bridgehead atoms. The maximum Gasteiger partial charge on any atom is 0.339 e. The number of hydrogen-bond acceptors (Lipinski definition) is 8. The average molecular weight is 359 g/mol. The second kappa shape index (κ2) is 7.52. The summed E-state index contributed by atoms with van der Waals surface area (Å²) in [5, 5.41) is 7.61. The Morgan fingerprint density at radius 1 is 1.16 bits per heavy atom. The van der Waals surface area contributed by atoms with Crippen LogP contribution in [-0.4, -0.2) is 21.3 Å². The minimum atomic E-state index is -0.433. The van der Waals surface area contributed by atoms with Crippen molar-refractivity contribution in [1.29, 1.82) is 0 Å². The molecular weight excluding hydrogens is 342 g/mol. The van der Waals surface area contributed by atoms with Crippen LogP contribution in [0, 0.1) is 20.8 Å². The molecule has 2 heterocycles. The van der Waals surface area contributed by atoms with E-state index in [0.717, 1.165) is 21.9 Å². The van der Waals surface area contributed by atoms with Gasteiger partial charge in [-0.25, -0.2) is 4.79 Å². The summed E-state index contributed by atoms with van der Waals surface area (Å²) >= 11 is 1.53. The van der Waals surface area contributed by atoms with Crippen LogP contribution in [0.4, 0.5) is 0 Å². The molecule has 130 valence electrons. The Morgan fingerprint density at radius 2 is 1.96 bits per heavy atom. The number of thioether (sulfide) groups is 1. The number of benzene rings is 1. The first-order valence-corrected chi connectivity index (χ1v) is 8.63. The van der Waals surface area contributed by atoms with E-state index in [1.54, 1.807) is 19.1 Å². The second-order valence-corrected chi connectivity index (χ2v) is 6.42. The van der Waals surface area contributed by atoms with E-state index in [-0.39, 0.29) is 12.5 Å². The summed E-state index contributed by atoms with van der Waals surface area (Å²) < 4.78 is 15.4. The molecule has 0 atom stereocenters. The number of ether oxygens (including phenoxy) is 1. The van der Waals surface area contributed by atoms with Crippen molar-refractivity contribution in [3.05, 3.63) is 58.6 Å². The smallest absolute Gasteiger partial charge is 0.339 e. The number of carbonyl (C=O) groups excluding carboxylic acids is 1. The maximum atomic E-state index is 12.4. The predicted molar refractivity (Wildman–Crippen MR) is 90.1 cm³/mol. The van der Waals surface area contributed by atoms with Gasteiger partial charge in [0.25, 0.3) is 5.89 Å². The number of aromatic nitrogens is 3. The first-order chi connectivity index (χ1) is 12.0. The summed E-state index contributed by atoms with van der Waals surface area (Å²) in [6.07, 6.45) is 0. The van der Waals surface area contributed by atoms with Gasteiger partial charge in [0.1, 0.15) is 5.76 Å². The molecule has 0 saturated heterocycles. The molecule has 0 aliphatic heterocycles. The van der Waals surface area contributed by atoms with Crippen molar-refractivity contribution in [2.75, 3.05) is 0 Å². The first-order valence-electron chi connectivity index (χ1n) is 7.64. The largest absolute Gasteiger partial charge is 0.452 e. The highest BCUT2D eigenvalue weighted by Crippen LogP contribution is 2.29. The van der Waals surface area contributed by atoms with E-state index < -0.39 is 5.97 Å². The van der Waals surface area contributed by atoms with Gasteiger partial charge in [0, 0.05) is 16.2 Å². The van der Waals surface area contributed by atoms with Crippen LogP contribution < -0.4 is 0 Å². The monoisotopic (exact) mass is 359 g/mol. The Hall–Kier alpha value is -2.61. The number of nitrogens with zero attached hydrogens (tertiary/aromatic N) is 3. The van der Waals surface area contributed by atoms with Crippen molar-refractivity contribution in [3.63, 3.8) is 0 Å². The molecule has 0 saturated carbocycles. The fourth-order valence-electron chi connectivity index (χ4n) is 2.22. The lowest BCUT2D eigenvalue weighted by atomic mass is 10.2. The van der Waals surface area contributed by atoms with Crippen LogP contribution in [0.25, 0.3) is 0 Å². The van der Waals surface area contributed by atoms with Gasteiger partial charge in [-0.3, -0.25) is 0 Å². The number of esters is 1. The van der Waals surface area contributed by atoms with Crippen LogP contribution in [0.5, 0.6) is 0 Å². The summed E-state index contributed by atoms with van der Waals surface area (Å²) in [5.74, 6) is 1.79. The third-order valence-corrected chi connectivity index (χ3v) is 4.66. The Bertz CT molecular complexity index is 868. The van der Waals surface area contributed by atoms with Gasteiger partial charge in [-0.1, -0.05) is 22.4 Å². The van der Waals surface area contributed by atoms with Crippen molar-refractivity contribution < 1.29 is 18.6 Å². The quantitative estimate of drug-likeness (QED) is 0.487. The molecule has 0 N–H and O–H groups in total. The third-order valence-electron chi connectivity index (χ3n) is 3.56. The fourth-order valence-corrected chi connectivity index (χ4v) is 3.42. The van der Waals surface area contributed by atoms with Crippen LogP contribution in [0.3, 0.4) is 0 Å². The first kappa shape index (κ1) is 17.2. The van der Waals surface area contributed by atoms with Gasteiger partial charge in [-0.05, 0) is 32.9 Å². The lowest BCUT2D eigenvalue weighted by molar-refractivity contribution is 0.0425. The molecule has 2 aromatic heterocycles. The van der Waals surface area contributed by atoms with Crippen LogP contribution in [0.2, 0.25) is 0 Å². The summed E-state index contributed by atoms with van der Waals surface area (Å²) in [7, 11) is 0. The predicted octanol–water partition coefficient (Wildman–Crippen LogP) is 3.63. The lowest BCUT2D eigenvalue weighted by Crippen LogP contribution is -2.07. The standard InChI is InChI=1S/C17H17N3O4S/c1-10-14(11(2)23-19-10)9-25-15-7-5-4-6-13(15)17(21)22-8-16-18-12(3)20-24-16/h4-7H,8-9H2,1-3H3. The van der Waals surface area contributed by atoms with E-state index in [1.165, 1.54) is 11.8 Å². The molecule has 0 spiro atoms. The highest BCUT2D eigenvalue weighted by molar-refractivity contribution is 7.98. The molecule has 0 amide bonds. The molecule has 0 unspecified atom stereocenters. The van der Waals surface area contributed by atoms with Crippen LogP contribution in [-0.2, 0) is 17.1 Å². The van der Waals surface area contributed by atoms with E-state index >= 15 is 0 Å². The van der Waals surface area contributed by atoms with Gasteiger partial charge >= 0.3 is 5.97 Å². The maximum absolute atomic E-state index is 12.4. The molecule has 0 radical (unpaired) electrons. The summed E-state index contributed by atoms with van der Waals surface area (Å²) in [5.41, 5.74) is 2.39. The van der Waals surface area contributed by atoms with E-state index in [4.69, 9.17) is 13.8 Å². The van der Waals surface area contributed by atoms with Gasteiger partial charge in [-0.15, -0.1) is 11.8 Å². The van der Waals surface area contributed by atoms with Gasteiger partial charge < -0.3 is 13.8 Å². The van der Waals surface area contributed by atoms with Gasteiger partial charge in [0.15, 0.2) is 12.4 Å². The van der Waals surface area contributed by atoms with Crippen molar-refractivity contribution in [2.24, 2.45) is 0 Å². The highest BCUT2D eigenvalue weighted by atomic mass is 32.2. The summed E-state index contributed by atoms with van der Waals surface area (Å²) in [4.78, 5) is 17.2. The molecule has 3 aromatic rings. The lowest BCUT2D eigenvalue weighted by Gasteiger charge is -2.08. The zero-order chi connectivity index (χ0) is 17.8. The number of carbonyl (C=O) groups is 1. The topological polar surface area (TPSA) is 91.2 Å². The molecule has 0 aliphatic carbocycles. The molecule has 0 aliphatic rings. The Balaban J connectivity index is 1.68. The molecule has 25 heavy (non-hydrogen) atoms. The van der Waals surface area contributed by atoms with E-state index in [0.29, 0.717) is 17.1 Å². The molecule has 7 nitrogen and oxygen atoms in total.